The summed E-state index contributed by atoms with van der Waals surface area (Å²) >= 11 is 1.11. The van der Waals surface area contributed by atoms with Gasteiger partial charge < -0.3 is 14.6 Å². The number of aldehydes is 2. The molecule has 0 amide bonds. The van der Waals surface area contributed by atoms with Crippen molar-refractivity contribution in [3.8, 4) is 0 Å². The van der Waals surface area contributed by atoms with Crippen molar-refractivity contribution >= 4 is 35.4 Å². The van der Waals surface area contributed by atoms with E-state index in [0.717, 1.165) is 22.8 Å². The normalized spacial score (nSPS) is 10.7. The molecule has 0 spiro atoms. The van der Waals surface area contributed by atoms with Crippen LogP contribution in [0.2, 0.25) is 0 Å². The highest BCUT2D eigenvalue weighted by molar-refractivity contribution is 8.01. The lowest BCUT2D eigenvalue weighted by Crippen LogP contribution is -2.05. The van der Waals surface area contributed by atoms with Crippen LogP contribution in [0.25, 0.3) is 11.0 Å². The molecule has 1 N–H and O–H groups in total. The highest BCUT2D eigenvalue weighted by atomic mass is 32.2. The highest BCUT2D eigenvalue weighted by Crippen LogP contribution is 2.21. The van der Waals surface area contributed by atoms with Gasteiger partial charge in [-0.25, -0.2) is 4.98 Å². The van der Waals surface area contributed by atoms with Gasteiger partial charge in [-0.05, 0) is 12.1 Å². The van der Waals surface area contributed by atoms with E-state index in [2.05, 4.69) is 9.97 Å². The Hall–Kier alpha value is -1.62. The summed E-state index contributed by atoms with van der Waals surface area (Å²) in [6, 6.07) is 7.54. The van der Waals surface area contributed by atoms with Gasteiger partial charge in [0.25, 0.3) is 0 Å². The maximum atomic E-state index is 10.5. The Balaban J connectivity index is 2.28. The third-order valence-corrected chi connectivity index (χ3v) is 2.79. The molecule has 2 rings (SSSR count). The van der Waals surface area contributed by atoms with Gasteiger partial charge in [-0.2, -0.15) is 0 Å². The lowest BCUT2D eigenvalue weighted by atomic mass is 10.3. The van der Waals surface area contributed by atoms with Crippen molar-refractivity contribution in [3.63, 3.8) is 0 Å². The lowest BCUT2D eigenvalue weighted by Gasteiger charge is -1.96. The number of carbonyl (C=O) groups is 2. The van der Waals surface area contributed by atoms with Gasteiger partial charge in [0, 0.05) is 0 Å². The second-order valence-electron chi connectivity index (χ2n) is 2.91. The molecule has 0 aliphatic carbocycles. The van der Waals surface area contributed by atoms with Gasteiger partial charge in [-0.3, -0.25) is 0 Å². The Morgan fingerprint density at radius 3 is 2.67 bits per heavy atom. The molecule has 0 bridgehead atoms. The van der Waals surface area contributed by atoms with Crippen LogP contribution in [-0.2, 0) is 9.59 Å². The molecule has 0 unspecified atom stereocenters. The number of hydrogen-bond acceptors (Lipinski definition) is 4. The predicted octanol–water partition coefficient (Wildman–Crippen LogP) is 1.42. The summed E-state index contributed by atoms with van der Waals surface area (Å²) in [6.45, 7) is 0. The molecule has 1 aromatic heterocycles. The molecular weight excluding hydrogens is 212 g/mol. The first-order valence-corrected chi connectivity index (χ1v) is 5.23. The highest BCUT2D eigenvalue weighted by Gasteiger charge is 2.10. The Kier molecular flexibility index (Phi) is 2.82. The molecule has 0 saturated heterocycles. The van der Waals surface area contributed by atoms with Crippen LogP contribution in [0, 0.1) is 0 Å². The van der Waals surface area contributed by atoms with Gasteiger partial charge in [0.1, 0.15) is 17.8 Å². The Labute approximate surface area is 90.1 Å². The minimum absolute atomic E-state index is 0.584. The zero-order valence-corrected chi connectivity index (χ0v) is 8.53. The Morgan fingerprint density at radius 1 is 1.27 bits per heavy atom. The predicted molar refractivity (Wildman–Crippen MR) is 57.9 cm³/mol. The van der Waals surface area contributed by atoms with E-state index >= 15 is 0 Å². The van der Waals surface area contributed by atoms with E-state index in [9.17, 15) is 9.59 Å². The second kappa shape index (κ2) is 4.27. The number of aromatic amines is 1. The van der Waals surface area contributed by atoms with Crippen LogP contribution in [0.3, 0.4) is 0 Å². The molecule has 0 radical (unpaired) electrons. The maximum Gasteiger partial charge on any atom is 0.167 e. The fourth-order valence-electron chi connectivity index (χ4n) is 1.20. The van der Waals surface area contributed by atoms with Crippen molar-refractivity contribution in [1.29, 1.82) is 0 Å². The molecule has 76 valence electrons. The minimum Gasteiger partial charge on any atom is -0.333 e. The Bertz CT molecular complexity index is 454. The van der Waals surface area contributed by atoms with E-state index in [4.69, 9.17) is 0 Å². The summed E-state index contributed by atoms with van der Waals surface area (Å²) < 4.78 is 0. The van der Waals surface area contributed by atoms with Gasteiger partial charge in [0.15, 0.2) is 5.16 Å². The first kappa shape index (κ1) is 9.92. The average molecular weight is 220 g/mol. The van der Waals surface area contributed by atoms with E-state index in [0.29, 0.717) is 17.7 Å². The number of para-hydroxylation sites is 2. The summed E-state index contributed by atoms with van der Waals surface area (Å²) in [5.41, 5.74) is 1.73. The van der Waals surface area contributed by atoms with Crippen LogP contribution in [0.5, 0.6) is 0 Å². The molecule has 0 fully saturated rings. The number of carbonyl (C=O) groups excluding carboxylic acids is 2. The van der Waals surface area contributed by atoms with Crippen molar-refractivity contribution in [2.75, 3.05) is 0 Å². The smallest absolute Gasteiger partial charge is 0.167 e. The largest absolute Gasteiger partial charge is 0.333 e. The SMILES string of the molecule is O=CC(C=O)Sc1nc2ccccc2[nH]1. The third-order valence-electron chi connectivity index (χ3n) is 1.88. The topological polar surface area (TPSA) is 62.8 Å². The Morgan fingerprint density at radius 2 is 2.00 bits per heavy atom. The van der Waals surface area contributed by atoms with Crippen molar-refractivity contribution in [1.82, 2.24) is 9.97 Å². The van der Waals surface area contributed by atoms with Crippen LogP contribution >= 0.6 is 11.8 Å². The van der Waals surface area contributed by atoms with Gasteiger partial charge in [-0.15, -0.1) is 0 Å². The monoisotopic (exact) mass is 220 g/mol. The molecule has 0 aliphatic heterocycles. The summed E-state index contributed by atoms with van der Waals surface area (Å²) in [6.07, 6.45) is 1.20. The van der Waals surface area contributed by atoms with E-state index < -0.39 is 5.25 Å². The molecule has 0 aliphatic rings. The van der Waals surface area contributed by atoms with Crippen molar-refractivity contribution < 1.29 is 9.59 Å². The summed E-state index contributed by atoms with van der Waals surface area (Å²) in [7, 11) is 0. The number of aromatic nitrogens is 2. The molecule has 4 nitrogen and oxygen atoms in total. The van der Waals surface area contributed by atoms with Crippen LogP contribution in [0.4, 0.5) is 0 Å². The first-order chi connectivity index (χ1) is 7.33. The number of nitrogens with one attached hydrogen (secondary N) is 1. The van der Waals surface area contributed by atoms with E-state index in [1.54, 1.807) is 0 Å². The standard InChI is InChI=1S/C10H8N2O2S/c13-5-7(6-14)15-10-11-8-3-1-2-4-9(8)12-10/h1-7H,(H,11,12). The van der Waals surface area contributed by atoms with Gasteiger partial charge >= 0.3 is 0 Å². The summed E-state index contributed by atoms with van der Waals surface area (Å²) in [4.78, 5) is 28.2. The first-order valence-electron chi connectivity index (χ1n) is 4.35. The van der Waals surface area contributed by atoms with Crippen LogP contribution in [-0.4, -0.2) is 27.8 Å². The molecule has 5 heteroatoms. The summed E-state index contributed by atoms with van der Waals surface area (Å²) in [5.74, 6) is 0. The van der Waals surface area contributed by atoms with Crippen LogP contribution < -0.4 is 0 Å². The lowest BCUT2D eigenvalue weighted by molar-refractivity contribution is -0.113. The van der Waals surface area contributed by atoms with Gasteiger partial charge in [0.2, 0.25) is 0 Å². The molecule has 1 heterocycles. The van der Waals surface area contributed by atoms with Crippen LogP contribution in [0.15, 0.2) is 29.4 Å². The molecule has 0 saturated carbocycles. The van der Waals surface area contributed by atoms with E-state index in [1.165, 1.54) is 0 Å². The van der Waals surface area contributed by atoms with Crippen molar-refractivity contribution in [2.24, 2.45) is 0 Å². The average Bonchev–Trinajstić information content (AvgIpc) is 2.68. The van der Waals surface area contributed by atoms with Crippen molar-refractivity contribution in [3.05, 3.63) is 24.3 Å². The summed E-state index contributed by atoms with van der Waals surface area (Å²) in [5, 5.41) is -0.106. The molecular formula is C10H8N2O2S. The molecule has 0 atom stereocenters. The second-order valence-corrected chi connectivity index (χ2v) is 4.08. The zero-order chi connectivity index (χ0) is 10.7. The van der Waals surface area contributed by atoms with Gasteiger partial charge in [0.05, 0.1) is 11.0 Å². The fourth-order valence-corrected chi connectivity index (χ4v) is 1.89. The number of imidazole rings is 1. The number of fused-ring (bicyclic) bond motifs is 1. The number of hydrogen-bond donors (Lipinski definition) is 1. The fraction of sp³-hybridized carbons (Fsp3) is 0.100. The number of benzene rings is 1. The zero-order valence-electron chi connectivity index (χ0n) is 7.71. The van der Waals surface area contributed by atoms with E-state index in [1.807, 2.05) is 24.3 Å². The third kappa shape index (κ3) is 2.07. The van der Waals surface area contributed by atoms with Crippen molar-refractivity contribution in [2.45, 2.75) is 10.4 Å². The molecule has 2 aromatic rings. The number of thioether (sulfide) groups is 1. The van der Waals surface area contributed by atoms with Crippen LogP contribution in [0.1, 0.15) is 0 Å². The number of H-pyrrole nitrogens is 1. The maximum absolute atomic E-state index is 10.5. The quantitative estimate of drug-likeness (QED) is 0.481. The number of nitrogens with zero attached hydrogens (tertiary/aromatic N) is 1. The van der Waals surface area contributed by atoms with Gasteiger partial charge in [-0.1, -0.05) is 23.9 Å². The minimum atomic E-state index is -0.689. The number of rotatable bonds is 4. The van der Waals surface area contributed by atoms with E-state index in [-0.39, 0.29) is 0 Å². The molecule has 1 aromatic carbocycles. The molecule has 15 heavy (non-hydrogen) atoms.